The van der Waals surface area contributed by atoms with Crippen molar-refractivity contribution in [3.05, 3.63) is 0 Å². The van der Waals surface area contributed by atoms with Gasteiger partial charge in [-0.25, -0.2) is 0 Å². The monoisotopic (exact) mass is 1110 g/mol. The Morgan fingerprint density at radius 3 is 0.949 bits per heavy atom. The van der Waals surface area contributed by atoms with Crippen LogP contribution in [0, 0.1) is 0 Å². The van der Waals surface area contributed by atoms with E-state index in [-0.39, 0.29) is 6.42 Å². The zero-order chi connectivity index (χ0) is 56.8. The zero-order valence-corrected chi connectivity index (χ0v) is 51.4. The first kappa shape index (κ1) is 75.1. The van der Waals surface area contributed by atoms with Crippen LogP contribution < -0.4 is 5.32 Å². The molecule has 0 aliphatic carbocycles. The van der Waals surface area contributed by atoms with Crippen molar-refractivity contribution in [1.82, 2.24) is 5.32 Å². The van der Waals surface area contributed by atoms with Gasteiger partial charge < -0.3 is 50.5 Å². The summed E-state index contributed by atoms with van der Waals surface area (Å²) in [6.07, 6.45) is 56.1. The van der Waals surface area contributed by atoms with E-state index in [4.69, 9.17) is 9.47 Å². The van der Waals surface area contributed by atoms with Gasteiger partial charge in [0.2, 0.25) is 5.91 Å². The predicted molar refractivity (Wildman–Crippen MR) is 326 cm³/mol. The van der Waals surface area contributed by atoms with Crippen LogP contribution in [0.2, 0.25) is 0 Å². The fourth-order valence-electron chi connectivity index (χ4n) is 11.6. The number of ether oxygens (including phenoxy) is 2. The molecular formula is C67H133NO10. The van der Waals surface area contributed by atoms with Crippen molar-refractivity contribution < 1.29 is 50.0 Å². The summed E-state index contributed by atoms with van der Waals surface area (Å²) in [5.41, 5.74) is 0. The number of hydrogen-bond donors (Lipinski definition) is 8. The maximum Gasteiger partial charge on any atom is 0.249 e. The zero-order valence-electron chi connectivity index (χ0n) is 51.4. The van der Waals surface area contributed by atoms with Crippen molar-refractivity contribution in [2.24, 2.45) is 0 Å². The number of rotatable bonds is 61. The fourth-order valence-corrected chi connectivity index (χ4v) is 11.6. The molecule has 11 nitrogen and oxygen atoms in total. The molecular weight excluding hydrogens is 979 g/mol. The molecule has 1 heterocycles. The van der Waals surface area contributed by atoms with E-state index < -0.39 is 74.2 Å². The van der Waals surface area contributed by atoms with Crippen LogP contribution in [0.5, 0.6) is 0 Å². The van der Waals surface area contributed by atoms with Gasteiger partial charge in [-0.2, -0.15) is 0 Å². The Morgan fingerprint density at radius 2 is 0.667 bits per heavy atom. The van der Waals surface area contributed by atoms with Crippen LogP contribution in [0.1, 0.15) is 354 Å². The molecule has 9 unspecified atom stereocenters. The molecule has 0 aromatic rings. The third-order valence-electron chi connectivity index (χ3n) is 17.2. The number of nitrogens with one attached hydrogen (secondary N) is 1. The lowest BCUT2D eigenvalue weighted by Crippen LogP contribution is -2.60. The first-order valence-electron chi connectivity index (χ1n) is 34.4. The highest BCUT2D eigenvalue weighted by Crippen LogP contribution is 2.24. The molecule has 1 rings (SSSR count). The van der Waals surface area contributed by atoms with Gasteiger partial charge in [0.05, 0.1) is 25.4 Å². The second-order valence-corrected chi connectivity index (χ2v) is 24.6. The van der Waals surface area contributed by atoms with Gasteiger partial charge in [-0.15, -0.1) is 0 Å². The number of unbranched alkanes of at least 4 members (excludes halogenated alkanes) is 49. The quantitative estimate of drug-likeness (QED) is 0.0272. The lowest BCUT2D eigenvalue weighted by atomic mass is 9.98. The molecule has 1 aliphatic heterocycles. The molecule has 0 aromatic carbocycles. The largest absolute Gasteiger partial charge is 0.394 e. The minimum atomic E-state index is -1.66. The van der Waals surface area contributed by atoms with Crippen molar-refractivity contribution in [1.29, 1.82) is 0 Å². The van der Waals surface area contributed by atoms with Crippen molar-refractivity contribution in [2.75, 3.05) is 13.2 Å². The highest BCUT2D eigenvalue weighted by Gasteiger charge is 2.44. The van der Waals surface area contributed by atoms with Gasteiger partial charge in [-0.3, -0.25) is 4.79 Å². The summed E-state index contributed by atoms with van der Waals surface area (Å²) in [6.45, 7) is 3.53. The molecule has 0 radical (unpaired) electrons. The summed E-state index contributed by atoms with van der Waals surface area (Å²) in [7, 11) is 0. The van der Waals surface area contributed by atoms with Gasteiger partial charge in [-0.05, 0) is 12.8 Å². The minimum Gasteiger partial charge on any atom is -0.394 e. The third-order valence-corrected chi connectivity index (χ3v) is 17.2. The van der Waals surface area contributed by atoms with Crippen molar-refractivity contribution in [3.63, 3.8) is 0 Å². The van der Waals surface area contributed by atoms with E-state index in [0.29, 0.717) is 19.3 Å². The number of hydrogen-bond acceptors (Lipinski definition) is 10. The molecule has 8 N–H and O–H groups in total. The van der Waals surface area contributed by atoms with Gasteiger partial charge in [0.1, 0.15) is 36.6 Å². The first-order chi connectivity index (χ1) is 38.2. The normalized spacial score (nSPS) is 19.3. The van der Waals surface area contributed by atoms with Crippen LogP contribution >= 0.6 is 0 Å². The Kier molecular flexibility index (Phi) is 54.5. The SMILES string of the molecule is CCCCCCCCCCCCCCCCCCCCCCCCCCCCCCC(O)C(=O)NC(COC1OC(CO)C(O)C(O)C1O)C(O)C(O)CCCCCCCCCCCCCCCCCCCCCCCCC. The number of aliphatic hydroxyl groups excluding tert-OH is 7. The van der Waals surface area contributed by atoms with E-state index in [9.17, 15) is 40.5 Å². The maximum absolute atomic E-state index is 13.2. The van der Waals surface area contributed by atoms with Crippen molar-refractivity contribution in [2.45, 2.75) is 409 Å². The highest BCUT2D eigenvalue weighted by molar-refractivity contribution is 5.80. The van der Waals surface area contributed by atoms with Gasteiger partial charge in [-0.1, -0.05) is 341 Å². The number of aliphatic hydroxyl groups is 7. The van der Waals surface area contributed by atoms with Gasteiger partial charge >= 0.3 is 0 Å². The summed E-state index contributed by atoms with van der Waals surface area (Å²) >= 11 is 0. The molecule has 1 amide bonds. The molecule has 78 heavy (non-hydrogen) atoms. The average molecular weight is 1110 g/mol. The van der Waals surface area contributed by atoms with Crippen LogP contribution in [-0.4, -0.2) is 110 Å². The third kappa shape index (κ3) is 43.7. The number of carbonyl (C=O) groups is 1. The van der Waals surface area contributed by atoms with Crippen LogP contribution in [0.15, 0.2) is 0 Å². The summed E-state index contributed by atoms with van der Waals surface area (Å²) in [4.78, 5) is 13.2. The van der Waals surface area contributed by atoms with Crippen molar-refractivity contribution >= 4 is 5.91 Å². The average Bonchev–Trinajstić information content (AvgIpc) is 3.46. The van der Waals surface area contributed by atoms with Gasteiger partial charge in [0.15, 0.2) is 6.29 Å². The lowest BCUT2D eigenvalue weighted by Gasteiger charge is -2.40. The Labute approximate surface area is 481 Å². The summed E-state index contributed by atoms with van der Waals surface area (Å²) in [6, 6.07) is -1.16. The smallest absolute Gasteiger partial charge is 0.249 e. The van der Waals surface area contributed by atoms with E-state index >= 15 is 0 Å². The number of carbonyl (C=O) groups excluding carboxylic acids is 1. The Balaban J connectivity index is 2.20. The summed E-state index contributed by atoms with van der Waals surface area (Å²) in [5.74, 6) is -0.687. The van der Waals surface area contributed by atoms with Crippen LogP contribution in [0.3, 0.4) is 0 Å². The molecule has 0 saturated carbocycles. The summed E-state index contributed by atoms with van der Waals surface area (Å²) < 4.78 is 11.2. The highest BCUT2D eigenvalue weighted by atomic mass is 16.7. The van der Waals surface area contributed by atoms with E-state index in [1.54, 1.807) is 0 Å². The Morgan fingerprint density at radius 1 is 0.397 bits per heavy atom. The lowest BCUT2D eigenvalue weighted by molar-refractivity contribution is -0.303. The Bertz CT molecular complexity index is 1230. The summed E-state index contributed by atoms with van der Waals surface area (Å²) in [5, 5.41) is 76.5. The minimum absolute atomic E-state index is 0.268. The van der Waals surface area contributed by atoms with Gasteiger partial charge in [0, 0.05) is 0 Å². The Hall–Kier alpha value is -0.890. The van der Waals surface area contributed by atoms with Crippen LogP contribution in [0.25, 0.3) is 0 Å². The predicted octanol–water partition coefficient (Wildman–Crippen LogP) is 16.1. The van der Waals surface area contributed by atoms with Crippen LogP contribution in [0.4, 0.5) is 0 Å². The topological polar surface area (TPSA) is 189 Å². The van der Waals surface area contributed by atoms with E-state index in [0.717, 1.165) is 38.5 Å². The van der Waals surface area contributed by atoms with Gasteiger partial charge in [0.25, 0.3) is 0 Å². The standard InChI is InChI=1S/C67H133NO10/c1-3-5-7-9-11-13-15-17-19-21-23-25-27-28-29-30-31-33-35-37-39-41-43-45-47-49-51-53-55-60(71)66(76)68-58(57-77-67-65(75)64(74)63(73)61(56-69)78-67)62(72)59(70)54-52-50-48-46-44-42-40-38-36-34-32-26-24-22-20-18-16-14-12-10-8-6-4-2/h58-65,67,69-75H,3-57H2,1-2H3,(H,68,76). The molecule has 1 saturated heterocycles. The molecule has 1 fully saturated rings. The molecule has 9 atom stereocenters. The molecule has 0 aromatic heterocycles. The van der Waals surface area contributed by atoms with E-state index in [1.165, 1.54) is 276 Å². The maximum atomic E-state index is 13.2. The number of amides is 1. The van der Waals surface area contributed by atoms with Crippen LogP contribution in [-0.2, 0) is 14.3 Å². The fraction of sp³-hybridized carbons (Fsp3) is 0.985. The van der Waals surface area contributed by atoms with E-state index in [2.05, 4.69) is 19.2 Å². The molecule has 0 spiro atoms. The second-order valence-electron chi connectivity index (χ2n) is 24.6. The molecule has 1 aliphatic rings. The molecule has 11 heteroatoms. The van der Waals surface area contributed by atoms with E-state index in [1.807, 2.05) is 0 Å². The second kappa shape index (κ2) is 56.6. The molecule has 466 valence electrons. The first-order valence-corrected chi connectivity index (χ1v) is 34.4. The van der Waals surface area contributed by atoms with Crippen molar-refractivity contribution in [3.8, 4) is 0 Å². The molecule has 0 bridgehead atoms.